The van der Waals surface area contributed by atoms with Crippen molar-refractivity contribution in [1.82, 2.24) is 0 Å². The van der Waals surface area contributed by atoms with E-state index in [1.165, 1.54) is 0 Å². The van der Waals surface area contributed by atoms with Crippen LogP contribution in [0.5, 0.6) is 0 Å². The molecule has 0 aromatic carbocycles. The van der Waals surface area contributed by atoms with Gasteiger partial charge in [-0.3, -0.25) is 0 Å². The van der Waals surface area contributed by atoms with Crippen molar-refractivity contribution in [3.63, 3.8) is 0 Å². The topological polar surface area (TPSA) is 35.5 Å². The van der Waals surface area contributed by atoms with Crippen molar-refractivity contribution in [2.45, 2.75) is 53.2 Å². The van der Waals surface area contributed by atoms with Crippen LogP contribution in [-0.4, -0.2) is 24.8 Å². The summed E-state index contributed by atoms with van der Waals surface area (Å²) in [6.07, 6.45) is 1.02. The molecule has 0 saturated heterocycles. The normalized spacial score (nSPS) is 13.4. The van der Waals surface area contributed by atoms with Gasteiger partial charge in [-0.1, -0.05) is 13.8 Å². The van der Waals surface area contributed by atoms with Gasteiger partial charge in [0, 0.05) is 0 Å². The second kappa shape index (κ2) is 6.82. The molecule has 3 heteroatoms. The Balaban J connectivity index is 3.56. The lowest BCUT2D eigenvalue weighted by Gasteiger charge is -2.15. The predicted molar refractivity (Wildman–Crippen MR) is 56.1 cm³/mol. The second-order valence-corrected chi connectivity index (χ2v) is 4.29. The lowest BCUT2D eigenvalue weighted by atomic mass is 10.1. The van der Waals surface area contributed by atoms with Gasteiger partial charge >= 0.3 is 5.97 Å². The fourth-order valence-corrected chi connectivity index (χ4v) is 1.24. The van der Waals surface area contributed by atoms with E-state index in [1.807, 2.05) is 20.8 Å². The quantitative estimate of drug-likeness (QED) is 0.620. The Kier molecular flexibility index (Phi) is 6.54. The molecule has 0 bridgehead atoms. The molecular formula is C11H22O3. The van der Waals surface area contributed by atoms with Crippen molar-refractivity contribution in [2.24, 2.45) is 5.92 Å². The van der Waals surface area contributed by atoms with E-state index < -0.39 is 0 Å². The van der Waals surface area contributed by atoms with Crippen molar-refractivity contribution in [3.8, 4) is 0 Å². The van der Waals surface area contributed by atoms with Gasteiger partial charge in [-0.2, -0.15) is 0 Å². The lowest BCUT2D eigenvalue weighted by molar-refractivity contribution is -0.154. The molecular weight excluding hydrogens is 180 g/mol. The molecule has 84 valence electrons. The maximum absolute atomic E-state index is 11.1. The average Bonchev–Trinajstić information content (AvgIpc) is 1.98. The number of ether oxygens (including phenoxy) is 2. The van der Waals surface area contributed by atoms with Crippen LogP contribution in [0.25, 0.3) is 0 Å². The van der Waals surface area contributed by atoms with E-state index in [4.69, 9.17) is 9.47 Å². The minimum Gasteiger partial charge on any atom is -0.461 e. The fraction of sp³-hybridized carbons (Fsp3) is 0.909. The number of rotatable bonds is 6. The first-order chi connectivity index (χ1) is 6.41. The van der Waals surface area contributed by atoms with Gasteiger partial charge in [0.2, 0.25) is 0 Å². The van der Waals surface area contributed by atoms with E-state index in [2.05, 4.69) is 13.8 Å². The summed E-state index contributed by atoms with van der Waals surface area (Å²) in [5.41, 5.74) is 0. The summed E-state index contributed by atoms with van der Waals surface area (Å²) in [6, 6.07) is 0. The summed E-state index contributed by atoms with van der Waals surface area (Å²) in [5, 5.41) is 0. The Hall–Kier alpha value is -0.570. The van der Waals surface area contributed by atoms with Crippen molar-refractivity contribution in [2.75, 3.05) is 6.61 Å². The molecule has 0 radical (unpaired) electrons. The molecule has 0 heterocycles. The minimum atomic E-state index is -0.282. The van der Waals surface area contributed by atoms with Gasteiger partial charge in [0.05, 0.1) is 12.2 Å². The van der Waals surface area contributed by atoms with Crippen LogP contribution < -0.4 is 0 Å². The first kappa shape index (κ1) is 13.4. The van der Waals surface area contributed by atoms with Crippen molar-refractivity contribution >= 4 is 5.97 Å². The molecule has 0 saturated carbocycles. The summed E-state index contributed by atoms with van der Waals surface area (Å²) in [5.74, 6) is 0.307. The number of carbonyl (C=O) groups excluding carboxylic acids is 1. The molecule has 0 aromatic heterocycles. The van der Waals surface area contributed by atoms with E-state index >= 15 is 0 Å². The summed E-state index contributed by atoms with van der Waals surface area (Å²) in [7, 11) is 0. The molecule has 0 N–H and O–H groups in total. The maximum Gasteiger partial charge on any atom is 0.332 e. The van der Waals surface area contributed by atoms with E-state index in [9.17, 15) is 4.79 Å². The zero-order valence-electron chi connectivity index (χ0n) is 9.87. The largest absolute Gasteiger partial charge is 0.461 e. The van der Waals surface area contributed by atoms with Gasteiger partial charge in [0.15, 0.2) is 0 Å². The van der Waals surface area contributed by atoms with Crippen molar-refractivity contribution < 1.29 is 14.3 Å². The molecule has 0 spiro atoms. The standard InChI is InChI=1S/C11H22O3/c1-8(2)6-10(5)13-7-11(12)14-9(3)4/h8-10H,6-7H2,1-5H3. The molecule has 0 aliphatic carbocycles. The Labute approximate surface area is 86.8 Å². The third-order valence-electron chi connectivity index (χ3n) is 1.66. The smallest absolute Gasteiger partial charge is 0.332 e. The van der Waals surface area contributed by atoms with E-state index in [-0.39, 0.29) is 24.8 Å². The number of hydrogen-bond acceptors (Lipinski definition) is 3. The third-order valence-corrected chi connectivity index (χ3v) is 1.66. The molecule has 0 fully saturated rings. The van der Waals surface area contributed by atoms with Gasteiger partial charge in [-0.15, -0.1) is 0 Å². The third kappa shape index (κ3) is 8.05. The summed E-state index contributed by atoms with van der Waals surface area (Å²) >= 11 is 0. The molecule has 1 unspecified atom stereocenters. The van der Waals surface area contributed by atoms with Gasteiger partial charge in [-0.25, -0.2) is 4.79 Å². The molecule has 14 heavy (non-hydrogen) atoms. The molecule has 0 aliphatic heterocycles. The first-order valence-corrected chi connectivity index (χ1v) is 5.23. The van der Waals surface area contributed by atoms with Crippen LogP contribution in [-0.2, 0) is 14.3 Å². The second-order valence-electron chi connectivity index (χ2n) is 4.29. The Morgan fingerprint density at radius 2 is 1.71 bits per heavy atom. The lowest BCUT2D eigenvalue weighted by Crippen LogP contribution is -2.21. The molecule has 0 amide bonds. The zero-order valence-corrected chi connectivity index (χ0v) is 9.87. The van der Waals surface area contributed by atoms with Gasteiger partial charge < -0.3 is 9.47 Å². The number of esters is 1. The van der Waals surface area contributed by atoms with Crippen LogP contribution in [0.4, 0.5) is 0 Å². The maximum atomic E-state index is 11.1. The predicted octanol–water partition coefficient (Wildman–Crippen LogP) is 2.39. The Morgan fingerprint density at radius 1 is 1.14 bits per heavy atom. The van der Waals surface area contributed by atoms with E-state index in [1.54, 1.807) is 0 Å². The highest BCUT2D eigenvalue weighted by atomic mass is 16.6. The van der Waals surface area contributed by atoms with E-state index in [0.29, 0.717) is 5.92 Å². The van der Waals surface area contributed by atoms with Crippen LogP contribution in [0.1, 0.15) is 41.0 Å². The summed E-state index contributed by atoms with van der Waals surface area (Å²) in [4.78, 5) is 11.1. The average molecular weight is 202 g/mol. The Morgan fingerprint density at radius 3 is 2.14 bits per heavy atom. The minimum absolute atomic E-state index is 0.0616. The highest BCUT2D eigenvalue weighted by Gasteiger charge is 2.10. The molecule has 0 rings (SSSR count). The highest BCUT2D eigenvalue weighted by molar-refractivity contribution is 5.70. The van der Waals surface area contributed by atoms with Crippen LogP contribution in [0.3, 0.4) is 0 Å². The van der Waals surface area contributed by atoms with Crippen molar-refractivity contribution in [1.29, 1.82) is 0 Å². The first-order valence-electron chi connectivity index (χ1n) is 5.23. The fourth-order valence-electron chi connectivity index (χ4n) is 1.24. The van der Waals surface area contributed by atoms with Crippen LogP contribution in [0.2, 0.25) is 0 Å². The van der Waals surface area contributed by atoms with Gasteiger partial charge in [0.1, 0.15) is 6.61 Å². The van der Waals surface area contributed by atoms with Crippen LogP contribution in [0, 0.1) is 5.92 Å². The summed E-state index contributed by atoms with van der Waals surface area (Å²) in [6.45, 7) is 9.96. The SMILES string of the molecule is CC(C)CC(C)OCC(=O)OC(C)C. The van der Waals surface area contributed by atoms with Gasteiger partial charge in [0.25, 0.3) is 0 Å². The molecule has 0 aromatic rings. The zero-order chi connectivity index (χ0) is 11.1. The Bertz CT molecular complexity index is 164. The molecule has 1 atom stereocenters. The van der Waals surface area contributed by atoms with Crippen LogP contribution >= 0.6 is 0 Å². The van der Waals surface area contributed by atoms with E-state index in [0.717, 1.165) is 6.42 Å². The highest BCUT2D eigenvalue weighted by Crippen LogP contribution is 2.07. The molecule has 0 aliphatic rings. The number of hydrogen-bond donors (Lipinski definition) is 0. The van der Waals surface area contributed by atoms with Crippen LogP contribution in [0.15, 0.2) is 0 Å². The monoisotopic (exact) mass is 202 g/mol. The number of carbonyl (C=O) groups is 1. The summed E-state index contributed by atoms with van der Waals surface area (Å²) < 4.78 is 10.3. The van der Waals surface area contributed by atoms with Gasteiger partial charge in [-0.05, 0) is 33.1 Å². The molecule has 3 nitrogen and oxygen atoms in total. The van der Waals surface area contributed by atoms with Crippen molar-refractivity contribution in [3.05, 3.63) is 0 Å².